The van der Waals surface area contributed by atoms with Crippen LogP contribution in [0.2, 0.25) is 0 Å². The molecule has 0 aromatic carbocycles. The van der Waals surface area contributed by atoms with Crippen LogP contribution in [-0.4, -0.2) is 83.0 Å². The third-order valence-electron chi connectivity index (χ3n) is 4.64. The molecule has 0 spiro atoms. The molecule has 2 unspecified atom stereocenters. The van der Waals surface area contributed by atoms with Gasteiger partial charge in [-0.25, -0.2) is 0 Å². The first-order valence-corrected chi connectivity index (χ1v) is 11.5. The molecule has 0 aliphatic carbocycles. The zero-order valence-corrected chi connectivity index (χ0v) is 16.3. The zero-order chi connectivity index (χ0) is 21.3. The Labute approximate surface area is 161 Å². The van der Waals surface area contributed by atoms with Crippen LogP contribution in [0.25, 0.3) is 0 Å². The molecule has 0 aromatic heterocycles. The van der Waals surface area contributed by atoms with Gasteiger partial charge in [-0.05, 0) is 12.8 Å². The fourth-order valence-corrected chi connectivity index (χ4v) is 4.60. The van der Waals surface area contributed by atoms with Gasteiger partial charge in [0, 0.05) is 13.1 Å². The smallest absolute Gasteiger partial charge is 0.277 e. The van der Waals surface area contributed by atoms with Crippen LogP contribution < -0.4 is 0 Å². The van der Waals surface area contributed by atoms with Crippen molar-refractivity contribution in [1.29, 1.82) is 0 Å². The molecule has 2 aliphatic rings. The van der Waals surface area contributed by atoms with Crippen molar-refractivity contribution in [2.45, 2.75) is 49.0 Å². The summed E-state index contributed by atoms with van der Waals surface area (Å²) in [6.45, 7) is -0.0355. The highest BCUT2D eigenvalue weighted by molar-refractivity contribution is 7.87. The van der Waals surface area contributed by atoms with E-state index in [4.69, 9.17) is 9.11 Å². The van der Waals surface area contributed by atoms with Crippen LogP contribution in [0.5, 0.6) is 0 Å². The maximum absolute atomic E-state index is 11.9. The Morgan fingerprint density at radius 3 is 1.25 bits per heavy atom. The fraction of sp³-hybridized carbons (Fsp3) is 0.714. The van der Waals surface area contributed by atoms with E-state index in [1.54, 1.807) is 0 Å². The lowest BCUT2D eigenvalue weighted by Crippen LogP contribution is -2.36. The van der Waals surface area contributed by atoms with Crippen molar-refractivity contribution in [3.8, 4) is 0 Å². The van der Waals surface area contributed by atoms with E-state index in [9.17, 15) is 36.0 Å². The van der Waals surface area contributed by atoms with Gasteiger partial charge >= 0.3 is 0 Å². The first kappa shape index (κ1) is 22.4. The minimum atomic E-state index is -4.63. The van der Waals surface area contributed by atoms with Crippen molar-refractivity contribution in [3.63, 3.8) is 0 Å². The predicted molar refractivity (Wildman–Crippen MR) is 91.8 cm³/mol. The summed E-state index contributed by atoms with van der Waals surface area (Å²) in [7, 11) is -9.27. The van der Waals surface area contributed by atoms with Gasteiger partial charge in [0.05, 0.1) is 12.8 Å². The number of unbranched alkanes of at least 4 members (excludes halogenated alkanes) is 3. The molecule has 2 rings (SSSR count). The van der Waals surface area contributed by atoms with Crippen molar-refractivity contribution in [1.82, 2.24) is 9.80 Å². The maximum atomic E-state index is 11.9. The Hall–Kier alpha value is -1.90. The number of carbonyl (C=O) groups is 4. The van der Waals surface area contributed by atoms with Gasteiger partial charge in [0.1, 0.15) is 0 Å². The highest BCUT2D eigenvalue weighted by Gasteiger charge is 2.46. The average molecular weight is 440 g/mol. The molecule has 0 bridgehead atoms. The van der Waals surface area contributed by atoms with Crippen molar-refractivity contribution >= 4 is 43.9 Å². The van der Waals surface area contributed by atoms with Gasteiger partial charge < -0.3 is 0 Å². The number of likely N-dealkylation sites (tertiary alicyclic amines) is 2. The molecule has 12 nitrogen and oxygen atoms in total. The number of amides is 4. The molecule has 0 radical (unpaired) electrons. The van der Waals surface area contributed by atoms with Crippen molar-refractivity contribution in [2.75, 3.05) is 13.1 Å². The number of imide groups is 2. The highest BCUT2D eigenvalue weighted by atomic mass is 32.2. The second kappa shape index (κ2) is 8.23. The van der Waals surface area contributed by atoms with Crippen molar-refractivity contribution in [2.24, 2.45) is 0 Å². The Morgan fingerprint density at radius 2 is 1.00 bits per heavy atom. The van der Waals surface area contributed by atoms with E-state index >= 15 is 0 Å². The van der Waals surface area contributed by atoms with E-state index < -0.39 is 67.2 Å². The Kier molecular flexibility index (Phi) is 6.58. The summed E-state index contributed by atoms with van der Waals surface area (Å²) >= 11 is 0. The molecule has 14 heteroatoms. The minimum Gasteiger partial charge on any atom is -0.285 e. The molecule has 2 saturated heterocycles. The van der Waals surface area contributed by atoms with E-state index in [1.807, 2.05) is 0 Å². The first-order chi connectivity index (χ1) is 12.8. The minimum absolute atomic E-state index is 0.0178. The summed E-state index contributed by atoms with van der Waals surface area (Å²) in [4.78, 5) is 48.7. The van der Waals surface area contributed by atoms with E-state index in [2.05, 4.69) is 0 Å². The second-order valence-electron chi connectivity index (χ2n) is 6.60. The van der Waals surface area contributed by atoms with Gasteiger partial charge in [-0.3, -0.25) is 38.1 Å². The molecule has 2 heterocycles. The summed E-state index contributed by atoms with van der Waals surface area (Å²) in [6, 6.07) is 0. The highest BCUT2D eigenvalue weighted by Crippen LogP contribution is 2.21. The Morgan fingerprint density at radius 1 is 0.679 bits per heavy atom. The Balaban J connectivity index is 1.73. The lowest BCUT2D eigenvalue weighted by atomic mass is 10.2. The van der Waals surface area contributed by atoms with Crippen molar-refractivity contribution in [3.05, 3.63) is 0 Å². The number of nitrogens with zero attached hydrogens (tertiary/aromatic N) is 2. The molecule has 158 valence electrons. The summed E-state index contributed by atoms with van der Waals surface area (Å²) in [5.74, 6) is -3.29. The van der Waals surface area contributed by atoms with Gasteiger partial charge in [-0.2, -0.15) is 16.8 Å². The molecule has 28 heavy (non-hydrogen) atoms. The topological polar surface area (TPSA) is 183 Å². The Bertz CT molecular complexity index is 821. The monoisotopic (exact) mass is 440 g/mol. The van der Waals surface area contributed by atoms with Crippen LogP contribution in [0.4, 0.5) is 0 Å². The maximum Gasteiger partial charge on any atom is 0.277 e. The van der Waals surface area contributed by atoms with Gasteiger partial charge in [-0.1, -0.05) is 12.8 Å². The van der Waals surface area contributed by atoms with Crippen LogP contribution in [0, 0.1) is 0 Å². The van der Waals surface area contributed by atoms with Crippen LogP contribution in [0.3, 0.4) is 0 Å². The molecule has 2 fully saturated rings. The third kappa shape index (κ3) is 4.92. The predicted octanol–water partition coefficient (Wildman–Crippen LogP) is -1.42. The third-order valence-corrected chi connectivity index (χ3v) is 6.81. The fourth-order valence-electron chi connectivity index (χ4n) is 3.13. The average Bonchev–Trinajstić information content (AvgIpc) is 3.00. The standard InChI is InChI=1S/C14H20N2O10S2/c17-11-7-9(27(21,22)23)13(19)15(11)5-3-1-2-4-6-16-12(18)8-10(14(16)20)28(24,25)26/h9-10H,1-8H2,(H,21,22,23)(H,24,25,26). The van der Waals surface area contributed by atoms with E-state index in [0.29, 0.717) is 25.7 Å². The summed E-state index contributed by atoms with van der Waals surface area (Å²) in [6.07, 6.45) is 0.505. The van der Waals surface area contributed by atoms with Crippen LogP contribution in [0.15, 0.2) is 0 Å². The van der Waals surface area contributed by atoms with Gasteiger partial charge in [-0.15, -0.1) is 0 Å². The van der Waals surface area contributed by atoms with E-state index in [1.165, 1.54) is 0 Å². The van der Waals surface area contributed by atoms with E-state index in [0.717, 1.165) is 9.80 Å². The first-order valence-electron chi connectivity index (χ1n) is 8.45. The lowest BCUT2D eigenvalue weighted by Gasteiger charge is -2.15. The normalized spacial score (nSPS) is 23.9. The molecule has 2 atom stereocenters. The summed E-state index contributed by atoms with van der Waals surface area (Å²) in [5, 5.41) is -3.52. The quantitative estimate of drug-likeness (QED) is 0.245. The molecular formula is C14H20N2O10S2. The SMILES string of the molecule is O=C1CC(S(=O)(=O)O)C(=O)N1CCCCCCN1C(=O)CC(S(=O)(=O)O)C1=O. The van der Waals surface area contributed by atoms with Crippen molar-refractivity contribution < 1.29 is 45.1 Å². The zero-order valence-electron chi connectivity index (χ0n) is 14.7. The number of hydrogen-bond acceptors (Lipinski definition) is 8. The number of hydrogen-bond donors (Lipinski definition) is 2. The summed E-state index contributed by atoms with van der Waals surface area (Å²) in [5.41, 5.74) is 0. The van der Waals surface area contributed by atoms with Crippen LogP contribution in [0.1, 0.15) is 38.5 Å². The number of rotatable bonds is 9. The number of carbonyl (C=O) groups excluding carboxylic acids is 4. The second-order valence-corrected chi connectivity index (χ2v) is 9.79. The van der Waals surface area contributed by atoms with Crippen LogP contribution >= 0.6 is 0 Å². The molecule has 2 aliphatic heterocycles. The van der Waals surface area contributed by atoms with Gasteiger partial charge in [0.2, 0.25) is 11.8 Å². The molecular weight excluding hydrogens is 420 g/mol. The lowest BCUT2D eigenvalue weighted by molar-refractivity contribution is -0.140. The molecule has 0 saturated carbocycles. The molecule has 4 amide bonds. The molecule has 2 N–H and O–H groups in total. The van der Waals surface area contributed by atoms with Gasteiger partial charge in [0.25, 0.3) is 32.1 Å². The molecule has 0 aromatic rings. The van der Waals surface area contributed by atoms with E-state index in [-0.39, 0.29) is 13.1 Å². The summed E-state index contributed by atoms with van der Waals surface area (Å²) < 4.78 is 62.1. The largest absolute Gasteiger partial charge is 0.285 e. The van der Waals surface area contributed by atoms with Gasteiger partial charge in [0.15, 0.2) is 10.5 Å². The van der Waals surface area contributed by atoms with Crippen LogP contribution in [-0.2, 0) is 39.4 Å².